The maximum atomic E-state index is 13.9. The number of pyridine rings is 1. The summed E-state index contributed by atoms with van der Waals surface area (Å²) in [7, 11) is 1.82. The van der Waals surface area contributed by atoms with Crippen molar-refractivity contribution in [1.29, 1.82) is 0 Å². The van der Waals surface area contributed by atoms with Gasteiger partial charge >= 0.3 is 0 Å². The maximum Gasteiger partial charge on any atom is 0.269 e. The molecule has 8 heteroatoms. The molecule has 3 aromatic rings. The summed E-state index contributed by atoms with van der Waals surface area (Å²) in [6, 6.07) is 17.1. The highest BCUT2D eigenvalue weighted by molar-refractivity contribution is 6.12. The molecule has 3 unspecified atom stereocenters. The number of nitrogens with zero attached hydrogens (tertiary/aromatic N) is 3. The highest BCUT2D eigenvalue weighted by atomic mass is 16.6. The zero-order chi connectivity index (χ0) is 22.5. The fourth-order valence-electron chi connectivity index (χ4n) is 5.25. The Bertz CT molecular complexity index is 1250. The number of para-hydroxylation sites is 1. The Morgan fingerprint density at radius 2 is 2.00 bits per heavy atom. The lowest BCUT2D eigenvalue weighted by atomic mass is 9.70. The van der Waals surface area contributed by atoms with E-state index in [2.05, 4.69) is 10.3 Å². The fourth-order valence-corrected chi connectivity index (χ4v) is 5.25. The molecule has 8 nitrogen and oxygen atoms in total. The van der Waals surface area contributed by atoms with Crippen LogP contribution < -0.4 is 5.32 Å². The fraction of sp³-hybridized carbons (Fsp3) is 0.208. The smallest absolute Gasteiger partial charge is 0.269 e. The monoisotopic (exact) mass is 428 g/mol. The van der Waals surface area contributed by atoms with Gasteiger partial charge in [-0.1, -0.05) is 30.3 Å². The maximum absolute atomic E-state index is 13.9. The summed E-state index contributed by atoms with van der Waals surface area (Å²) < 4.78 is 0. The number of aromatic nitrogens is 1. The van der Waals surface area contributed by atoms with E-state index in [0.717, 1.165) is 5.56 Å². The molecule has 2 aliphatic rings. The van der Waals surface area contributed by atoms with Gasteiger partial charge in [-0.15, -0.1) is 0 Å². The second-order valence-corrected chi connectivity index (χ2v) is 8.19. The number of anilines is 1. The number of nitrogens with one attached hydrogen (secondary N) is 1. The largest absolute Gasteiger partial charge is 0.324 e. The molecule has 2 aromatic carbocycles. The van der Waals surface area contributed by atoms with Crippen molar-refractivity contribution in [2.24, 2.45) is 5.92 Å². The molecule has 5 rings (SSSR count). The minimum Gasteiger partial charge on any atom is -0.324 e. The predicted octanol–water partition coefficient (Wildman–Crippen LogP) is 3.37. The second kappa shape index (κ2) is 7.35. The standard InChI is InChI=1S/C24H20N4O4/c1-27-14-18(15-6-4-8-17(12-15)28(31)32)21(22(29)16-7-5-11-25-13-16)24(27)19-9-2-3-10-20(19)26-23(24)30/h2-13,18,21H,14H2,1H3,(H,26,30). The first-order valence-corrected chi connectivity index (χ1v) is 10.3. The number of benzene rings is 2. The quantitative estimate of drug-likeness (QED) is 0.388. The number of ketones is 1. The van der Waals surface area contributed by atoms with Crippen LogP contribution in [-0.4, -0.2) is 40.1 Å². The van der Waals surface area contributed by atoms with Crippen molar-refractivity contribution in [3.63, 3.8) is 0 Å². The van der Waals surface area contributed by atoms with Crippen molar-refractivity contribution in [3.8, 4) is 0 Å². The number of carbonyl (C=O) groups excluding carboxylic acids is 2. The third kappa shape index (κ3) is 2.76. The number of rotatable bonds is 4. The van der Waals surface area contributed by atoms with Gasteiger partial charge in [0, 0.05) is 53.8 Å². The minimum atomic E-state index is -1.22. The molecule has 32 heavy (non-hydrogen) atoms. The molecule has 0 saturated carbocycles. The highest BCUT2D eigenvalue weighted by Gasteiger charge is 2.64. The molecule has 3 atom stereocenters. The van der Waals surface area contributed by atoms with Gasteiger partial charge in [-0.25, -0.2) is 0 Å². The summed E-state index contributed by atoms with van der Waals surface area (Å²) >= 11 is 0. The van der Waals surface area contributed by atoms with E-state index in [1.807, 2.05) is 36.2 Å². The van der Waals surface area contributed by atoms with Gasteiger partial charge in [0.2, 0.25) is 5.91 Å². The first-order chi connectivity index (χ1) is 15.4. The second-order valence-electron chi connectivity index (χ2n) is 8.19. The summed E-state index contributed by atoms with van der Waals surface area (Å²) in [6.45, 7) is 0.388. The molecule has 1 fully saturated rings. The average Bonchev–Trinajstić information content (AvgIpc) is 3.29. The minimum absolute atomic E-state index is 0.0463. The number of nitro benzene ring substituents is 1. The first kappa shape index (κ1) is 20.0. The van der Waals surface area contributed by atoms with E-state index < -0.39 is 22.3 Å². The Morgan fingerprint density at radius 1 is 1.19 bits per heavy atom. The van der Waals surface area contributed by atoms with Gasteiger partial charge in [0.05, 0.1) is 10.8 Å². The highest BCUT2D eigenvalue weighted by Crippen LogP contribution is 2.55. The summed E-state index contributed by atoms with van der Waals surface area (Å²) in [6.07, 6.45) is 3.08. The van der Waals surface area contributed by atoms with Crippen LogP contribution >= 0.6 is 0 Å². The first-order valence-electron chi connectivity index (χ1n) is 10.3. The molecule has 1 amide bonds. The number of likely N-dealkylation sites (N-methyl/N-ethyl adjacent to an activating group) is 1. The van der Waals surface area contributed by atoms with Gasteiger partial charge in [-0.05, 0) is 30.8 Å². The molecule has 1 saturated heterocycles. The number of nitro groups is 1. The van der Waals surface area contributed by atoms with Crippen LogP contribution in [0.15, 0.2) is 73.1 Å². The summed E-state index contributed by atoms with van der Waals surface area (Å²) in [5, 5.41) is 14.3. The lowest BCUT2D eigenvalue weighted by molar-refractivity contribution is -0.384. The number of Topliss-reactive ketones (excluding diaryl/α,β-unsaturated/α-hetero) is 1. The van der Waals surface area contributed by atoms with Crippen molar-refractivity contribution in [2.45, 2.75) is 11.5 Å². The lowest BCUT2D eigenvalue weighted by Crippen LogP contribution is -2.51. The van der Waals surface area contributed by atoms with Crippen molar-refractivity contribution in [2.75, 3.05) is 18.9 Å². The third-order valence-electron chi connectivity index (χ3n) is 6.59. The van der Waals surface area contributed by atoms with Crippen LogP contribution in [-0.2, 0) is 10.3 Å². The molecular weight excluding hydrogens is 408 g/mol. The van der Waals surface area contributed by atoms with Gasteiger partial charge < -0.3 is 5.32 Å². The number of non-ortho nitro benzene ring substituents is 1. The van der Waals surface area contributed by atoms with Crippen LogP contribution in [0.4, 0.5) is 11.4 Å². The van der Waals surface area contributed by atoms with Crippen molar-refractivity contribution < 1.29 is 14.5 Å². The van der Waals surface area contributed by atoms with Gasteiger partial charge in [0.15, 0.2) is 5.78 Å². The summed E-state index contributed by atoms with van der Waals surface area (Å²) in [5.41, 5.74) is 1.20. The number of fused-ring (bicyclic) bond motifs is 2. The summed E-state index contributed by atoms with van der Waals surface area (Å²) in [4.78, 5) is 44.4. The number of likely N-dealkylation sites (tertiary alicyclic amines) is 1. The van der Waals surface area contributed by atoms with Gasteiger partial charge in [0.1, 0.15) is 5.54 Å². The van der Waals surface area contributed by atoms with Crippen LogP contribution in [0.3, 0.4) is 0 Å². The Hall–Kier alpha value is -3.91. The number of hydrogen-bond acceptors (Lipinski definition) is 6. The van der Waals surface area contributed by atoms with E-state index in [-0.39, 0.29) is 17.4 Å². The molecular formula is C24H20N4O4. The summed E-state index contributed by atoms with van der Waals surface area (Å²) in [5.74, 6) is -1.70. The Labute approximate surface area is 184 Å². The zero-order valence-electron chi connectivity index (χ0n) is 17.3. The SMILES string of the molecule is CN1CC(c2cccc([N+](=O)[O-])c2)C(C(=O)c2cccnc2)C12C(=O)Nc1ccccc12. The van der Waals surface area contributed by atoms with E-state index in [0.29, 0.717) is 23.4 Å². The van der Waals surface area contributed by atoms with Crippen LogP contribution in [0, 0.1) is 16.0 Å². The van der Waals surface area contributed by atoms with E-state index in [1.54, 1.807) is 30.5 Å². The van der Waals surface area contributed by atoms with Gasteiger partial charge in [-0.3, -0.25) is 29.6 Å². The van der Waals surface area contributed by atoms with Crippen molar-refractivity contribution in [3.05, 3.63) is 99.9 Å². The van der Waals surface area contributed by atoms with Crippen LogP contribution in [0.5, 0.6) is 0 Å². The van der Waals surface area contributed by atoms with Crippen LogP contribution in [0.2, 0.25) is 0 Å². The van der Waals surface area contributed by atoms with E-state index in [9.17, 15) is 19.7 Å². The molecule has 1 spiro atoms. The van der Waals surface area contributed by atoms with Crippen LogP contribution in [0.25, 0.3) is 0 Å². The Kier molecular flexibility index (Phi) is 4.60. The van der Waals surface area contributed by atoms with Crippen molar-refractivity contribution in [1.82, 2.24) is 9.88 Å². The Morgan fingerprint density at radius 3 is 2.75 bits per heavy atom. The molecule has 1 aromatic heterocycles. The number of hydrogen-bond donors (Lipinski definition) is 1. The third-order valence-corrected chi connectivity index (χ3v) is 6.59. The molecule has 3 heterocycles. The molecule has 160 valence electrons. The van der Waals surface area contributed by atoms with Gasteiger partial charge in [0.25, 0.3) is 5.69 Å². The van der Waals surface area contributed by atoms with E-state index >= 15 is 0 Å². The molecule has 1 N–H and O–H groups in total. The van der Waals surface area contributed by atoms with Gasteiger partial charge in [-0.2, -0.15) is 0 Å². The normalized spacial score (nSPS) is 24.3. The average molecular weight is 428 g/mol. The van der Waals surface area contributed by atoms with E-state index in [1.165, 1.54) is 18.3 Å². The van der Waals surface area contributed by atoms with E-state index in [4.69, 9.17) is 0 Å². The molecule has 0 bridgehead atoms. The lowest BCUT2D eigenvalue weighted by Gasteiger charge is -2.35. The zero-order valence-corrected chi connectivity index (χ0v) is 17.3. The molecule has 0 aliphatic carbocycles. The van der Waals surface area contributed by atoms with Crippen LogP contribution in [0.1, 0.15) is 27.4 Å². The predicted molar refractivity (Wildman–Crippen MR) is 117 cm³/mol. The topological polar surface area (TPSA) is 105 Å². The Balaban J connectivity index is 1.73. The molecule has 2 aliphatic heterocycles. The number of carbonyl (C=O) groups is 2. The molecule has 0 radical (unpaired) electrons. The van der Waals surface area contributed by atoms with Crippen molar-refractivity contribution >= 4 is 23.1 Å². The number of amides is 1.